The molecule has 0 spiro atoms. The van der Waals surface area contributed by atoms with E-state index < -0.39 is 0 Å². The van der Waals surface area contributed by atoms with Crippen LogP contribution in [0.25, 0.3) is 28.1 Å². The Kier molecular flexibility index (Phi) is 5.08. The second-order valence-corrected chi connectivity index (χ2v) is 6.74. The standard InChI is InChI=1S/C19H15ClN8.H2S/c1-11(26-19-17-18(23-9-22-17)24-10-25-19)13-7-15-21-8-14(20)28(15)27-16(13)12-5-3-2-4-6-12;/h2-11H,1H3,(H2,22,23,24,25,26);1H2/t11-;/m0./s1. The van der Waals surface area contributed by atoms with Crippen molar-refractivity contribution in [2.75, 3.05) is 5.32 Å². The molecule has 146 valence electrons. The number of aromatic amines is 1. The molecule has 0 unspecified atom stereocenters. The summed E-state index contributed by atoms with van der Waals surface area (Å²) >= 11 is 6.24. The normalized spacial score (nSPS) is 12.1. The Morgan fingerprint density at radius 2 is 1.93 bits per heavy atom. The first kappa shape index (κ1) is 19.2. The van der Waals surface area contributed by atoms with Crippen LogP contribution in [-0.4, -0.2) is 34.5 Å². The lowest BCUT2D eigenvalue weighted by Gasteiger charge is -2.18. The molecule has 0 radical (unpaired) electrons. The molecule has 0 saturated carbocycles. The summed E-state index contributed by atoms with van der Waals surface area (Å²) in [4.78, 5) is 20.1. The van der Waals surface area contributed by atoms with Crippen LogP contribution in [0.15, 0.2) is 55.2 Å². The molecule has 8 nitrogen and oxygen atoms in total. The molecule has 0 aliphatic carbocycles. The van der Waals surface area contributed by atoms with Gasteiger partial charge in [-0.15, -0.1) is 0 Å². The molecule has 4 heterocycles. The van der Waals surface area contributed by atoms with Crippen molar-refractivity contribution in [2.24, 2.45) is 0 Å². The van der Waals surface area contributed by atoms with E-state index in [0.717, 1.165) is 22.3 Å². The largest absolute Gasteiger partial charge is 0.362 e. The average molecular weight is 425 g/mol. The zero-order chi connectivity index (χ0) is 19.1. The highest BCUT2D eigenvalue weighted by Crippen LogP contribution is 2.30. The number of H-pyrrole nitrogens is 1. The molecule has 5 aromatic rings. The fourth-order valence-electron chi connectivity index (χ4n) is 3.21. The molecule has 1 atom stereocenters. The number of nitrogens with one attached hydrogen (secondary N) is 2. The third-order valence-electron chi connectivity index (χ3n) is 4.57. The van der Waals surface area contributed by atoms with Crippen molar-refractivity contribution in [1.82, 2.24) is 34.5 Å². The minimum Gasteiger partial charge on any atom is -0.362 e. The molecule has 0 bridgehead atoms. The highest BCUT2D eigenvalue weighted by Gasteiger charge is 2.18. The van der Waals surface area contributed by atoms with E-state index in [1.165, 1.54) is 6.33 Å². The zero-order valence-corrected chi connectivity index (χ0v) is 17.1. The Morgan fingerprint density at radius 3 is 2.76 bits per heavy atom. The topological polar surface area (TPSA) is 96.7 Å². The van der Waals surface area contributed by atoms with Crippen LogP contribution >= 0.6 is 25.1 Å². The molecule has 4 aromatic heterocycles. The lowest BCUT2D eigenvalue weighted by atomic mass is 10.0. The Labute approximate surface area is 177 Å². The number of nitrogens with zero attached hydrogens (tertiary/aromatic N) is 6. The van der Waals surface area contributed by atoms with Gasteiger partial charge in [-0.3, -0.25) is 0 Å². The van der Waals surface area contributed by atoms with Crippen molar-refractivity contribution in [3.8, 4) is 11.3 Å². The molecule has 29 heavy (non-hydrogen) atoms. The summed E-state index contributed by atoms with van der Waals surface area (Å²) in [6.45, 7) is 2.05. The van der Waals surface area contributed by atoms with Gasteiger partial charge in [-0.2, -0.15) is 18.6 Å². The van der Waals surface area contributed by atoms with Crippen molar-refractivity contribution in [2.45, 2.75) is 13.0 Å². The van der Waals surface area contributed by atoms with E-state index in [9.17, 15) is 0 Å². The molecule has 10 heteroatoms. The first-order valence-electron chi connectivity index (χ1n) is 8.71. The van der Waals surface area contributed by atoms with Gasteiger partial charge in [0.05, 0.1) is 24.3 Å². The van der Waals surface area contributed by atoms with Crippen molar-refractivity contribution in [3.05, 3.63) is 66.0 Å². The monoisotopic (exact) mass is 424 g/mol. The summed E-state index contributed by atoms with van der Waals surface area (Å²) in [6, 6.07) is 11.9. The minimum atomic E-state index is -0.107. The van der Waals surface area contributed by atoms with Gasteiger partial charge < -0.3 is 10.3 Å². The molecule has 0 aliphatic heterocycles. The highest BCUT2D eigenvalue weighted by molar-refractivity contribution is 7.59. The molecule has 0 aliphatic rings. The zero-order valence-electron chi connectivity index (χ0n) is 15.3. The van der Waals surface area contributed by atoms with Crippen LogP contribution in [0.2, 0.25) is 5.15 Å². The van der Waals surface area contributed by atoms with E-state index >= 15 is 0 Å². The highest BCUT2D eigenvalue weighted by atomic mass is 35.5. The first-order valence-corrected chi connectivity index (χ1v) is 9.09. The SMILES string of the molecule is C[C@H](Nc1ncnc2nc[nH]c12)c1cc2ncc(Cl)n2nc1-c1ccccc1.S. The van der Waals surface area contributed by atoms with Crippen molar-refractivity contribution in [1.29, 1.82) is 0 Å². The second-order valence-electron chi connectivity index (χ2n) is 6.35. The van der Waals surface area contributed by atoms with Crippen LogP contribution in [0.4, 0.5) is 5.82 Å². The number of aromatic nitrogens is 7. The summed E-state index contributed by atoms with van der Waals surface area (Å²) in [5.41, 5.74) is 4.85. The molecule has 2 N–H and O–H groups in total. The van der Waals surface area contributed by atoms with Crippen molar-refractivity contribution in [3.63, 3.8) is 0 Å². The second kappa shape index (κ2) is 7.69. The molecular formula is C19H17ClN8S. The van der Waals surface area contributed by atoms with Crippen molar-refractivity contribution >= 4 is 47.7 Å². The number of anilines is 1. The third kappa shape index (κ3) is 3.39. The maximum absolute atomic E-state index is 6.24. The van der Waals surface area contributed by atoms with Crippen LogP contribution in [0.1, 0.15) is 18.5 Å². The molecule has 1 aromatic carbocycles. The van der Waals surface area contributed by atoms with Gasteiger partial charge in [0.2, 0.25) is 0 Å². The Morgan fingerprint density at radius 1 is 1.10 bits per heavy atom. The van der Waals surface area contributed by atoms with Crippen LogP contribution in [0, 0.1) is 0 Å². The number of hydrogen-bond acceptors (Lipinski definition) is 6. The van der Waals surface area contributed by atoms with E-state index in [4.69, 9.17) is 16.7 Å². The van der Waals surface area contributed by atoms with E-state index in [1.54, 1.807) is 17.0 Å². The van der Waals surface area contributed by atoms with Gasteiger partial charge in [0.1, 0.15) is 11.8 Å². The lowest BCUT2D eigenvalue weighted by Crippen LogP contribution is -2.12. The van der Waals surface area contributed by atoms with E-state index in [0.29, 0.717) is 22.3 Å². The van der Waals surface area contributed by atoms with Gasteiger partial charge in [-0.1, -0.05) is 41.9 Å². The van der Waals surface area contributed by atoms with Gasteiger partial charge in [0.15, 0.2) is 22.3 Å². The van der Waals surface area contributed by atoms with Crippen LogP contribution in [0.5, 0.6) is 0 Å². The molecule has 0 amide bonds. The lowest BCUT2D eigenvalue weighted by molar-refractivity contribution is 0.842. The van der Waals surface area contributed by atoms with E-state index in [1.807, 2.05) is 36.4 Å². The Balaban J connectivity index is 0.00000205. The van der Waals surface area contributed by atoms with Gasteiger partial charge in [0.25, 0.3) is 0 Å². The number of imidazole rings is 2. The fourth-order valence-corrected chi connectivity index (χ4v) is 3.38. The summed E-state index contributed by atoms with van der Waals surface area (Å²) in [5, 5.41) is 8.65. The number of fused-ring (bicyclic) bond motifs is 2. The fraction of sp³-hybridized carbons (Fsp3) is 0.105. The van der Waals surface area contributed by atoms with Gasteiger partial charge in [0, 0.05) is 11.1 Å². The van der Waals surface area contributed by atoms with Crippen LogP contribution < -0.4 is 5.32 Å². The molecular weight excluding hydrogens is 408 g/mol. The maximum atomic E-state index is 6.24. The number of rotatable bonds is 4. The number of halogens is 1. The summed E-state index contributed by atoms with van der Waals surface area (Å²) in [6.07, 6.45) is 4.69. The van der Waals surface area contributed by atoms with Crippen LogP contribution in [0.3, 0.4) is 0 Å². The summed E-state index contributed by atoms with van der Waals surface area (Å²) < 4.78 is 1.64. The van der Waals surface area contributed by atoms with Crippen LogP contribution in [-0.2, 0) is 0 Å². The molecule has 0 fully saturated rings. The molecule has 5 rings (SSSR count). The quantitative estimate of drug-likeness (QED) is 0.452. The average Bonchev–Trinajstić information content (AvgIpc) is 3.35. The van der Waals surface area contributed by atoms with Gasteiger partial charge >= 0.3 is 0 Å². The van der Waals surface area contributed by atoms with Crippen molar-refractivity contribution < 1.29 is 0 Å². The summed E-state index contributed by atoms with van der Waals surface area (Å²) in [5.74, 6) is 0.676. The third-order valence-corrected chi connectivity index (χ3v) is 4.83. The Hall–Kier alpha value is -3.17. The predicted molar refractivity (Wildman–Crippen MR) is 118 cm³/mol. The number of hydrogen-bond donors (Lipinski definition) is 2. The summed E-state index contributed by atoms with van der Waals surface area (Å²) in [7, 11) is 0. The smallest absolute Gasteiger partial charge is 0.182 e. The predicted octanol–water partition coefficient (Wildman–Crippen LogP) is 4.00. The molecule has 0 saturated heterocycles. The minimum absolute atomic E-state index is 0. The first-order chi connectivity index (χ1) is 13.7. The Bertz CT molecular complexity index is 1280. The van der Waals surface area contributed by atoms with Gasteiger partial charge in [-0.05, 0) is 13.0 Å². The number of benzene rings is 1. The van der Waals surface area contributed by atoms with Gasteiger partial charge in [-0.25, -0.2) is 24.5 Å². The maximum Gasteiger partial charge on any atom is 0.182 e. The van der Waals surface area contributed by atoms with E-state index in [2.05, 4.69) is 37.2 Å². The van der Waals surface area contributed by atoms with E-state index in [-0.39, 0.29) is 19.5 Å².